The number of ether oxygens (including phenoxy) is 1. The van der Waals surface area contributed by atoms with Crippen LogP contribution in [-0.2, 0) is 16.1 Å². The van der Waals surface area contributed by atoms with Gasteiger partial charge in [0.1, 0.15) is 21.7 Å². The summed E-state index contributed by atoms with van der Waals surface area (Å²) < 4.78 is 20.5. The van der Waals surface area contributed by atoms with Crippen LogP contribution in [0, 0.1) is 0 Å². The smallest absolute Gasteiger partial charge is 0.408 e. The van der Waals surface area contributed by atoms with Crippen LogP contribution in [0.2, 0.25) is 0 Å². The summed E-state index contributed by atoms with van der Waals surface area (Å²) in [4.78, 5) is 11.6. The number of amides is 1. The molecular formula is C13H26N2O3S. The Bertz CT molecular complexity index is 341. The van der Waals surface area contributed by atoms with Crippen LogP contribution in [0.5, 0.6) is 0 Å². The zero-order valence-electron chi connectivity index (χ0n) is 13.2. The Morgan fingerprint density at radius 1 is 1.16 bits per heavy atom. The summed E-state index contributed by atoms with van der Waals surface area (Å²) in [5, 5.41) is 2.67. The minimum atomic E-state index is -1.34. The lowest BCUT2D eigenvalue weighted by atomic mass is 10.1. The third-order valence-electron chi connectivity index (χ3n) is 1.82. The Hall–Kier alpha value is -0.750. The Morgan fingerprint density at radius 2 is 1.63 bits per heavy atom. The molecule has 5 nitrogen and oxygen atoms in total. The molecule has 0 radical (unpaired) electrons. The molecule has 0 aromatic rings. The molecular weight excluding hydrogens is 264 g/mol. The van der Waals surface area contributed by atoms with Crippen LogP contribution in [0.25, 0.3) is 0 Å². The largest absolute Gasteiger partial charge is 0.591 e. The predicted octanol–water partition coefficient (Wildman–Crippen LogP) is 2.82. The van der Waals surface area contributed by atoms with Crippen molar-refractivity contribution in [1.29, 1.82) is 0 Å². The van der Waals surface area contributed by atoms with Crippen molar-refractivity contribution in [3.8, 4) is 0 Å². The van der Waals surface area contributed by atoms with Crippen molar-refractivity contribution in [3.05, 3.63) is 0 Å². The van der Waals surface area contributed by atoms with Crippen LogP contribution in [0.4, 0.5) is 4.79 Å². The van der Waals surface area contributed by atoms with Gasteiger partial charge in [0.05, 0.1) is 11.8 Å². The zero-order valence-corrected chi connectivity index (χ0v) is 14.0. The number of hydrogen-bond acceptors (Lipinski definition) is 4. The van der Waals surface area contributed by atoms with Gasteiger partial charge in [-0.15, -0.1) is 0 Å². The van der Waals surface area contributed by atoms with Crippen LogP contribution in [0.3, 0.4) is 0 Å². The SMILES string of the molecule is CC(C)(C=N[S+]([O-])C(C)(C)C)NC(=O)OC(C)(C)C. The predicted molar refractivity (Wildman–Crippen MR) is 79.8 cm³/mol. The molecule has 1 unspecified atom stereocenters. The lowest BCUT2D eigenvalue weighted by molar-refractivity contribution is 0.0498. The Morgan fingerprint density at radius 3 is 2.00 bits per heavy atom. The van der Waals surface area contributed by atoms with E-state index in [1.807, 2.05) is 20.8 Å². The van der Waals surface area contributed by atoms with Gasteiger partial charge in [0, 0.05) is 0 Å². The maximum absolute atomic E-state index is 11.8. The third kappa shape index (κ3) is 8.88. The second-order valence-corrected chi connectivity index (χ2v) is 8.88. The van der Waals surface area contributed by atoms with Crippen LogP contribution in [-0.4, -0.2) is 32.7 Å². The molecule has 112 valence electrons. The number of rotatable bonds is 3. The fourth-order valence-corrected chi connectivity index (χ4v) is 1.61. The lowest BCUT2D eigenvalue weighted by Crippen LogP contribution is -2.47. The Labute approximate surface area is 119 Å². The number of alkyl carbamates (subject to hydrolysis) is 1. The van der Waals surface area contributed by atoms with E-state index >= 15 is 0 Å². The first-order valence-corrected chi connectivity index (χ1v) is 7.32. The molecule has 0 heterocycles. The Kier molecular flexibility index (Phi) is 5.89. The van der Waals surface area contributed by atoms with Crippen LogP contribution < -0.4 is 5.32 Å². The fraction of sp³-hybridized carbons (Fsp3) is 0.846. The second kappa shape index (κ2) is 6.13. The maximum atomic E-state index is 11.8. The van der Waals surface area contributed by atoms with E-state index < -0.39 is 33.3 Å². The summed E-state index contributed by atoms with van der Waals surface area (Å²) >= 11 is -1.34. The first-order chi connectivity index (χ1) is 8.23. The molecule has 0 aromatic carbocycles. The summed E-state index contributed by atoms with van der Waals surface area (Å²) in [5.41, 5.74) is -1.27. The average Bonchev–Trinajstić information content (AvgIpc) is 2.08. The maximum Gasteiger partial charge on any atom is 0.408 e. The molecule has 0 rings (SSSR count). The van der Waals surface area contributed by atoms with E-state index in [2.05, 4.69) is 9.71 Å². The van der Waals surface area contributed by atoms with Crippen molar-refractivity contribution in [2.24, 2.45) is 4.40 Å². The first-order valence-electron chi connectivity index (χ1n) is 6.21. The molecule has 0 spiro atoms. The van der Waals surface area contributed by atoms with E-state index in [9.17, 15) is 9.35 Å². The van der Waals surface area contributed by atoms with E-state index in [4.69, 9.17) is 4.74 Å². The van der Waals surface area contributed by atoms with Gasteiger partial charge in [-0.25, -0.2) is 4.79 Å². The Balaban J connectivity index is 4.56. The number of nitrogens with zero attached hydrogens (tertiary/aromatic N) is 1. The van der Waals surface area contributed by atoms with Gasteiger partial charge in [0.2, 0.25) is 0 Å². The molecule has 0 fully saturated rings. The van der Waals surface area contributed by atoms with Crippen molar-refractivity contribution in [1.82, 2.24) is 5.32 Å². The number of carbonyl (C=O) groups excluding carboxylic acids is 1. The third-order valence-corrected chi connectivity index (χ3v) is 3.16. The molecule has 1 atom stereocenters. The van der Waals surface area contributed by atoms with Crippen molar-refractivity contribution < 1.29 is 14.1 Å². The van der Waals surface area contributed by atoms with Gasteiger partial charge < -0.3 is 14.6 Å². The summed E-state index contributed by atoms with van der Waals surface area (Å²) in [6.07, 6.45) is 0.962. The van der Waals surface area contributed by atoms with Gasteiger partial charge in [-0.05, 0) is 55.4 Å². The van der Waals surface area contributed by atoms with Crippen molar-refractivity contribution in [3.63, 3.8) is 0 Å². The van der Waals surface area contributed by atoms with Gasteiger partial charge >= 0.3 is 6.09 Å². The normalized spacial score (nSPS) is 15.4. The molecule has 0 saturated heterocycles. The molecule has 1 N–H and O–H groups in total. The van der Waals surface area contributed by atoms with E-state index in [0.29, 0.717) is 0 Å². The van der Waals surface area contributed by atoms with Crippen molar-refractivity contribution in [2.75, 3.05) is 0 Å². The molecule has 1 amide bonds. The number of hydrogen-bond donors (Lipinski definition) is 1. The molecule has 0 saturated carbocycles. The minimum Gasteiger partial charge on any atom is -0.591 e. The molecule has 0 aromatic heterocycles. The molecule has 0 aliphatic rings. The fourth-order valence-electron chi connectivity index (χ4n) is 0.937. The highest BCUT2D eigenvalue weighted by Crippen LogP contribution is 2.17. The van der Waals surface area contributed by atoms with Crippen molar-refractivity contribution >= 4 is 23.7 Å². The molecule has 0 aliphatic carbocycles. The highest BCUT2D eigenvalue weighted by molar-refractivity contribution is 7.91. The van der Waals surface area contributed by atoms with Gasteiger partial charge in [-0.1, -0.05) is 4.40 Å². The van der Waals surface area contributed by atoms with Gasteiger partial charge in [-0.3, -0.25) is 0 Å². The second-order valence-electron chi connectivity index (χ2n) is 6.94. The van der Waals surface area contributed by atoms with Crippen molar-refractivity contribution in [2.45, 2.75) is 71.3 Å². The topological polar surface area (TPSA) is 73.8 Å². The summed E-state index contributed by atoms with van der Waals surface area (Å²) in [6, 6.07) is 0. The lowest BCUT2D eigenvalue weighted by Gasteiger charge is -2.26. The zero-order chi connectivity index (χ0) is 15.5. The molecule has 0 aliphatic heterocycles. The molecule has 6 heteroatoms. The van der Waals surface area contributed by atoms with E-state index in [0.717, 1.165) is 0 Å². The summed E-state index contributed by atoms with van der Waals surface area (Å²) in [7, 11) is 0. The molecule has 19 heavy (non-hydrogen) atoms. The minimum absolute atomic E-state index is 0.418. The van der Waals surface area contributed by atoms with E-state index in [-0.39, 0.29) is 0 Å². The molecule has 0 bridgehead atoms. The van der Waals surface area contributed by atoms with Gasteiger partial charge in [0.15, 0.2) is 0 Å². The standard InChI is InChI=1S/C13H26N2O3S/c1-11(2,3)18-10(16)15-13(7,8)9-14-19(17)12(4,5)6/h9H,1-8H3,(H,15,16). The monoisotopic (exact) mass is 290 g/mol. The number of nitrogens with one attached hydrogen (secondary N) is 1. The highest BCUT2D eigenvalue weighted by atomic mass is 32.2. The van der Waals surface area contributed by atoms with Gasteiger partial charge in [-0.2, -0.15) is 0 Å². The van der Waals surface area contributed by atoms with E-state index in [1.165, 1.54) is 6.21 Å². The van der Waals surface area contributed by atoms with Crippen LogP contribution in [0.15, 0.2) is 4.40 Å². The first kappa shape index (κ1) is 18.2. The average molecular weight is 290 g/mol. The van der Waals surface area contributed by atoms with Crippen LogP contribution in [0.1, 0.15) is 55.4 Å². The quantitative estimate of drug-likeness (QED) is 0.641. The van der Waals surface area contributed by atoms with E-state index in [1.54, 1.807) is 34.6 Å². The summed E-state index contributed by atoms with van der Waals surface area (Å²) in [6.45, 7) is 14.4. The van der Waals surface area contributed by atoms with Gasteiger partial charge in [0.25, 0.3) is 0 Å². The van der Waals surface area contributed by atoms with Crippen LogP contribution >= 0.6 is 0 Å². The highest BCUT2D eigenvalue weighted by Gasteiger charge is 2.28. The summed E-state index contributed by atoms with van der Waals surface area (Å²) in [5.74, 6) is 0. The number of carbonyl (C=O) groups is 1.